The van der Waals surface area contributed by atoms with Crippen LogP contribution in [0.4, 0.5) is 0 Å². The van der Waals surface area contributed by atoms with E-state index in [0.29, 0.717) is 53.9 Å². The van der Waals surface area contributed by atoms with Gasteiger partial charge in [0.25, 0.3) is 11.7 Å². The second-order valence-corrected chi connectivity index (χ2v) is 9.49. The summed E-state index contributed by atoms with van der Waals surface area (Å²) in [5.41, 5.74) is 1.06. The highest BCUT2D eigenvalue weighted by Gasteiger charge is 2.46. The number of hydrogen-bond donors (Lipinski definition) is 1. The van der Waals surface area contributed by atoms with Crippen LogP contribution in [0.25, 0.3) is 5.76 Å². The van der Waals surface area contributed by atoms with Crippen molar-refractivity contribution in [2.45, 2.75) is 26.3 Å². The second kappa shape index (κ2) is 11.9. The predicted molar refractivity (Wildman–Crippen MR) is 139 cm³/mol. The Bertz CT molecular complexity index is 1110. The number of amides is 1. The maximum absolute atomic E-state index is 13.3. The zero-order valence-electron chi connectivity index (χ0n) is 21.9. The summed E-state index contributed by atoms with van der Waals surface area (Å²) in [5, 5.41) is 11.3. The van der Waals surface area contributed by atoms with Crippen molar-refractivity contribution >= 4 is 17.4 Å². The van der Waals surface area contributed by atoms with Crippen molar-refractivity contribution in [2.24, 2.45) is 5.92 Å². The molecule has 3 rings (SSSR count). The van der Waals surface area contributed by atoms with Crippen molar-refractivity contribution in [1.82, 2.24) is 9.80 Å². The molecule has 1 unspecified atom stereocenters. The van der Waals surface area contributed by atoms with Gasteiger partial charge in [-0.1, -0.05) is 13.8 Å². The molecule has 8 nitrogen and oxygen atoms in total. The fourth-order valence-electron chi connectivity index (χ4n) is 4.16. The molecule has 0 spiro atoms. The molecule has 1 fully saturated rings. The summed E-state index contributed by atoms with van der Waals surface area (Å²) in [6.45, 7) is 5.78. The maximum atomic E-state index is 13.3. The van der Waals surface area contributed by atoms with Crippen LogP contribution in [-0.2, 0) is 9.59 Å². The summed E-state index contributed by atoms with van der Waals surface area (Å²) in [5.74, 6) is 0.482. The number of ketones is 1. The third-order valence-electron chi connectivity index (χ3n) is 5.99. The van der Waals surface area contributed by atoms with E-state index >= 15 is 0 Å². The summed E-state index contributed by atoms with van der Waals surface area (Å²) in [6.07, 6.45) is 0.664. The van der Waals surface area contributed by atoms with E-state index in [1.165, 1.54) is 12.0 Å². The molecular weight excluding hydrogens is 460 g/mol. The topological polar surface area (TPSA) is 88.5 Å². The van der Waals surface area contributed by atoms with Gasteiger partial charge in [-0.3, -0.25) is 9.59 Å². The Morgan fingerprint density at radius 1 is 1.03 bits per heavy atom. The second-order valence-electron chi connectivity index (χ2n) is 9.49. The first-order valence-electron chi connectivity index (χ1n) is 12.1. The van der Waals surface area contributed by atoms with E-state index in [4.69, 9.17) is 14.2 Å². The van der Waals surface area contributed by atoms with Gasteiger partial charge in [-0.25, -0.2) is 0 Å². The Labute approximate surface area is 213 Å². The van der Waals surface area contributed by atoms with Crippen molar-refractivity contribution < 1.29 is 28.9 Å². The molecule has 36 heavy (non-hydrogen) atoms. The van der Waals surface area contributed by atoms with Crippen molar-refractivity contribution in [3.8, 4) is 17.2 Å². The van der Waals surface area contributed by atoms with Crippen molar-refractivity contribution in [3.05, 3.63) is 59.2 Å². The first-order chi connectivity index (χ1) is 17.2. The molecule has 1 amide bonds. The lowest BCUT2D eigenvalue weighted by Crippen LogP contribution is -2.32. The number of Topliss-reactive ketones (excluding diaryl/α,β-unsaturated/α-hetero) is 1. The number of rotatable bonds is 11. The van der Waals surface area contributed by atoms with Crippen LogP contribution in [0.2, 0.25) is 0 Å². The molecule has 0 aromatic heterocycles. The van der Waals surface area contributed by atoms with Crippen LogP contribution in [-0.4, -0.2) is 74.6 Å². The van der Waals surface area contributed by atoms with Gasteiger partial charge in [-0.2, -0.15) is 0 Å². The number of methoxy groups -OCH3 is 2. The van der Waals surface area contributed by atoms with Crippen LogP contribution in [0.3, 0.4) is 0 Å². The fraction of sp³-hybridized carbons (Fsp3) is 0.429. The number of aliphatic hydroxyl groups is 1. The first kappa shape index (κ1) is 27.1. The summed E-state index contributed by atoms with van der Waals surface area (Å²) in [4.78, 5) is 30.0. The normalized spacial score (nSPS) is 17.2. The van der Waals surface area contributed by atoms with Gasteiger partial charge in [0.05, 0.1) is 32.4 Å². The molecule has 8 heteroatoms. The number of ether oxygens (including phenoxy) is 3. The smallest absolute Gasteiger partial charge is 0.295 e. The van der Waals surface area contributed by atoms with Gasteiger partial charge in [0, 0.05) is 23.7 Å². The van der Waals surface area contributed by atoms with Gasteiger partial charge in [-0.15, -0.1) is 0 Å². The summed E-state index contributed by atoms with van der Waals surface area (Å²) in [7, 11) is 6.97. The zero-order valence-corrected chi connectivity index (χ0v) is 21.9. The Hall–Kier alpha value is -3.52. The van der Waals surface area contributed by atoms with Crippen LogP contribution >= 0.6 is 0 Å². The number of hydrogen-bond acceptors (Lipinski definition) is 7. The highest BCUT2D eigenvalue weighted by Crippen LogP contribution is 2.43. The van der Waals surface area contributed by atoms with Gasteiger partial charge in [0.1, 0.15) is 23.0 Å². The van der Waals surface area contributed by atoms with Crippen LogP contribution in [0, 0.1) is 5.92 Å². The minimum atomic E-state index is -0.801. The highest BCUT2D eigenvalue weighted by molar-refractivity contribution is 6.46. The highest BCUT2D eigenvalue weighted by atomic mass is 16.5. The molecule has 1 atom stereocenters. The van der Waals surface area contributed by atoms with Crippen LogP contribution < -0.4 is 14.2 Å². The molecule has 0 aliphatic carbocycles. The molecule has 1 N–H and O–H groups in total. The Balaban J connectivity index is 2.08. The molecular formula is C28H36N2O6. The van der Waals surface area contributed by atoms with Crippen LogP contribution in [0.1, 0.15) is 37.4 Å². The van der Waals surface area contributed by atoms with Crippen LogP contribution in [0.5, 0.6) is 17.2 Å². The van der Waals surface area contributed by atoms with E-state index in [1.54, 1.807) is 49.6 Å². The summed E-state index contributed by atoms with van der Waals surface area (Å²) >= 11 is 0. The van der Waals surface area contributed by atoms with E-state index in [0.717, 1.165) is 6.54 Å². The van der Waals surface area contributed by atoms with E-state index < -0.39 is 17.7 Å². The average Bonchev–Trinajstić information content (AvgIpc) is 3.11. The van der Waals surface area contributed by atoms with Crippen molar-refractivity contribution in [1.29, 1.82) is 0 Å². The molecule has 1 aliphatic heterocycles. The van der Waals surface area contributed by atoms with Gasteiger partial charge < -0.3 is 29.1 Å². The number of aliphatic hydroxyl groups excluding tert-OH is 1. The standard InChI is InChI=1S/C28H36N2O6/c1-18(2)17-36-20-10-8-19(9-11-20)26(31)24-25(22-13-12-21(34-5)16-23(22)35-6)30(28(33)27(24)32)15-7-14-29(3)4/h8-13,16,18,25,31H,7,14-15,17H2,1-6H3. The molecule has 0 radical (unpaired) electrons. The molecule has 0 saturated carbocycles. The third kappa shape index (κ3) is 5.99. The van der Waals surface area contributed by atoms with Gasteiger partial charge in [0.15, 0.2) is 0 Å². The van der Waals surface area contributed by atoms with Gasteiger partial charge >= 0.3 is 0 Å². The van der Waals surface area contributed by atoms with Crippen molar-refractivity contribution in [3.63, 3.8) is 0 Å². The molecule has 0 bridgehead atoms. The number of carbonyl (C=O) groups excluding carboxylic acids is 2. The average molecular weight is 497 g/mol. The lowest BCUT2D eigenvalue weighted by molar-refractivity contribution is -0.140. The van der Waals surface area contributed by atoms with E-state index in [-0.39, 0.29) is 11.3 Å². The lowest BCUT2D eigenvalue weighted by Gasteiger charge is -2.27. The Morgan fingerprint density at radius 2 is 1.69 bits per heavy atom. The fourth-order valence-corrected chi connectivity index (χ4v) is 4.16. The largest absolute Gasteiger partial charge is 0.507 e. The Kier molecular flexibility index (Phi) is 8.98. The third-order valence-corrected chi connectivity index (χ3v) is 5.99. The molecule has 194 valence electrons. The van der Waals surface area contributed by atoms with Gasteiger partial charge in [0.2, 0.25) is 0 Å². The lowest BCUT2D eigenvalue weighted by atomic mass is 9.94. The number of carbonyl (C=O) groups is 2. The SMILES string of the molecule is COc1ccc(C2C(=C(O)c3ccc(OCC(C)C)cc3)C(=O)C(=O)N2CCCN(C)C)c(OC)c1. The minimum Gasteiger partial charge on any atom is -0.507 e. The number of nitrogens with zero attached hydrogens (tertiary/aromatic N) is 2. The Morgan fingerprint density at radius 3 is 2.28 bits per heavy atom. The zero-order chi connectivity index (χ0) is 26.4. The van der Waals surface area contributed by atoms with E-state index in [9.17, 15) is 14.7 Å². The van der Waals surface area contributed by atoms with Crippen LogP contribution in [0.15, 0.2) is 48.0 Å². The molecule has 1 aliphatic rings. The monoisotopic (exact) mass is 496 g/mol. The predicted octanol–water partition coefficient (Wildman–Crippen LogP) is 4.11. The molecule has 1 heterocycles. The minimum absolute atomic E-state index is 0.0316. The molecule has 2 aromatic rings. The molecule has 1 saturated heterocycles. The maximum Gasteiger partial charge on any atom is 0.295 e. The van der Waals surface area contributed by atoms with E-state index in [1.807, 2.05) is 19.0 Å². The first-order valence-corrected chi connectivity index (χ1v) is 12.1. The number of likely N-dealkylation sites (tertiary alicyclic amines) is 1. The summed E-state index contributed by atoms with van der Waals surface area (Å²) < 4.78 is 16.6. The quantitative estimate of drug-likeness (QED) is 0.285. The molecule has 2 aromatic carbocycles. The van der Waals surface area contributed by atoms with E-state index in [2.05, 4.69) is 13.8 Å². The van der Waals surface area contributed by atoms with Crippen molar-refractivity contribution in [2.75, 3.05) is 48.0 Å². The summed E-state index contributed by atoms with van der Waals surface area (Å²) in [6, 6.07) is 11.3. The number of benzene rings is 2. The van der Waals surface area contributed by atoms with Gasteiger partial charge in [-0.05, 0) is 69.4 Å².